The molecule has 0 atom stereocenters. The lowest BCUT2D eigenvalue weighted by Gasteiger charge is -2.24. The first-order chi connectivity index (χ1) is 14.7. The van der Waals surface area contributed by atoms with Crippen LogP contribution in [0.5, 0.6) is 0 Å². The van der Waals surface area contributed by atoms with Gasteiger partial charge in [0, 0.05) is 24.6 Å². The van der Waals surface area contributed by atoms with E-state index in [1.165, 1.54) is 13.8 Å². The van der Waals surface area contributed by atoms with Crippen LogP contribution < -0.4 is 5.73 Å². The molecule has 0 saturated carbocycles. The van der Waals surface area contributed by atoms with Gasteiger partial charge in [-0.05, 0) is 12.1 Å². The Labute approximate surface area is 187 Å². The van der Waals surface area contributed by atoms with E-state index in [4.69, 9.17) is 5.73 Å². The minimum Gasteiger partial charge on any atom is -0.398 e. The summed E-state index contributed by atoms with van der Waals surface area (Å²) in [6, 6.07) is -0.203. The van der Waals surface area contributed by atoms with Crippen LogP contribution in [0.15, 0.2) is 17.0 Å². The third-order valence-corrected chi connectivity index (χ3v) is 9.83. The van der Waals surface area contributed by atoms with Gasteiger partial charge >= 0.3 is 12.4 Å². The standard InChI is InChI=1S/C16H22F6N2O6S3/c1-3-31(25,26)7-5-24(6-8-32(27,28)4-2)33(29,30)11-9-12(15(17,18)19)14(23)13(10-11)16(20,21)22/h9-10H,3-8,23H2,1-2H3. The predicted molar refractivity (Wildman–Crippen MR) is 108 cm³/mol. The Hall–Kier alpha value is -1.59. The second kappa shape index (κ2) is 9.95. The van der Waals surface area contributed by atoms with Crippen molar-refractivity contribution < 1.29 is 51.6 Å². The third-order valence-electron chi connectivity index (χ3n) is 4.59. The zero-order valence-corrected chi connectivity index (χ0v) is 19.8. The molecule has 0 bridgehead atoms. The molecule has 2 N–H and O–H groups in total. The Morgan fingerprint density at radius 3 is 1.36 bits per heavy atom. The highest BCUT2D eigenvalue weighted by molar-refractivity contribution is 7.92. The van der Waals surface area contributed by atoms with Gasteiger partial charge in [-0.2, -0.15) is 30.6 Å². The lowest BCUT2D eigenvalue weighted by atomic mass is 10.1. The van der Waals surface area contributed by atoms with Gasteiger partial charge < -0.3 is 5.73 Å². The van der Waals surface area contributed by atoms with Crippen molar-refractivity contribution in [1.29, 1.82) is 0 Å². The first kappa shape index (κ1) is 29.4. The van der Waals surface area contributed by atoms with Crippen molar-refractivity contribution in [3.05, 3.63) is 23.3 Å². The maximum Gasteiger partial charge on any atom is 0.418 e. The number of hydrogen-bond donors (Lipinski definition) is 1. The molecule has 1 rings (SSSR count). The number of sulfone groups is 2. The van der Waals surface area contributed by atoms with Crippen LogP contribution in [-0.4, -0.2) is 65.7 Å². The van der Waals surface area contributed by atoms with E-state index >= 15 is 0 Å². The van der Waals surface area contributed by atoms with Crippen molar-refractivity contribution in [2.24, 2.45) is 0 Å². The predicted octanol–water partition coefficient (Wildman–Crippen LogP) is 2.17. The van der Waals surface area contributed by atoms with Crippen molar-refractivity contribution in [2.45, 2.75) is 31.1 Å². The molecule has 0 spiro atoms. The summed E-state index contributed by atoms with van der Waals surface area (Å²) in [5.74, 6) is -2.51. The smallest absolute Gasteiger partial charge is 0.398 e. The summed E-state index contributed by atoms with van der Waals surface area (Å²) in [6.07, 6.45) is -10.9. The second-order valence-electron chi connectivity index (χ2n) is 6.80. The number of nitrogens with two attached hydrogens (primary N) is 1. The summed E-state index contributed by atoms with van der Waals surface area (Å²) in [6.45, 7) is 0.706. The molecule has 0 aliphatic rings. The summed E-state index contributed by atoms with van der Waals surface area (Å²) < 4.78 is 153. The van der Waals surface area contributed by atoms with E-state index in [9.17, 15) is 51.6 Å². The Morgan fingerprint density at radius 1 is 0.758 bits per heavy atom. The molecule has 33 heavy (non-hydrogen) atoms. The molecule has 0 unspecified atom stereocenters. The average Bonchev–Trinajstić information content (AvgIpc) is 2.65. The number of anilines is 1. The quantitative estimate of drug-likeness (QED) is 0.350. The molecule has 1 aromatic rings. The molecular weight excluding hydrogens is 526 g/mol. The van der Waals surface area contributed by atoms with Crippen LogP contribution in [-0.2, 0) is 42.1 Å². The average molecular weight is 549 g/mol. The van der Waals surface area contributed by atoms with Crippen molar-refractivity contribution in [1.82, 2.24) is 4.31 Å². The highest BCUT2D eigenvalue weighted by Gasteiger charge is 2.42. The summed E-state index contributed by atoms with van der Waals surface area (Å²) in [5.41, 5.74) is -0.844. The lowest BCUT2D eigenvalue weighted by molar-refractivity contribution is -0.142. The number of halogens is 6. The van der Waals surface area contributed by atoms with Gasteiger partial charge in [-0.15, -0.1) is 0 Å². The summed E-state index contributed by atoms with van der Waals surface area (Å²) in [5, 5.41) is 0. The van der Waals surface area contributed by atoms with Gasteiger partial charge in [-0.25, -0.2) is 25.3 Å². The summed E-state index contributed by atoms with van der Waals surface area (Å²) >= 11 is 0. The van der Waals surface area contributed by atoms with Gasteiger partial charge in [0.25, 0.3) is 0 Å². The van der Waals surface area contributed by atoms with E-state index in [-0.39, 0.29) is 16.4 Å². The molecule has 0 saturated heterocycles. The Bertz CT molecular complexity index is 1100. The Kier molecular flexibility index (Phi) is 8.88. The fourth-order valence-electron chi connectivity index (χ4n) is 2.52. The molecule has 0 aliphatic heterocycles. The van der Waals surface area contributed by atoms with E-state index in [2.05, 4.69) is 0 Å². The topological polar surface area (TPSA) is 132 Å². The molecule has 0 aliphatic carbocycles. The van der Waals surface area contributed by atoms with Crippen molar-refractivity contribution >= 4 is 35.4 Å². The fourth-order valence-corrected chi connectivity index (χ4v) is 5.82. The molecule has 0 amide bonds. The molecule has 192 valence electrons. The van der Waals surface area contributed by atoms with Crippen molar-refractivity contribution in [2.75, 3.05) is 41.8 Å². The largest absolute Gasteiger partial charge is 0.418 e. The highest BCUT2D eigenvalue weighted by Crippen LogP contribution is 2.43. The minimum absolute atomic E-state index is 0.102. The van der Waals surface area contributed by atoms with Gasteiger partial charge in [0.05, 0.1) is 33.2 Å². The van der Waals surface area contributed by atoms with Crippen LogP contribution in [0.3, 0.4) is 0 Å². The molecule has 0 radical (unpaired) electrons. The van der Waals surface area contributed by atoms with E-state index in [0.29, 0.717) is 0 Å². The van der Waals surface area contributed by atoms with Gasteiger partial charge in [0.2, 0.25) is 10.0 Å². The third kappa shape index (κ3) is 7.71. The summed E-state index contributed by atoms with van der Waals surface area (Å²) in [7, 11) is -12.8. The maximum absolute atomic E-state index is 13.3. The molecular formula is C16H22F6N2O6S3. The highest BCUT2D eigenvalue weighted by atomic mass is 32.2. The molecule has 8 nitrogen and oxygen atoms in total. The van der Waals surface area contributed by atoms with Gasteiger partial charge in [-0.1, -0.05) is 13.8 Å². The molecule has 1 aromatic carbocycles. The van der Waals surface area contributed by atoms with Crippen LogP contribution in [0, 0.1) is 0 Å². The van der Waals surface area contributed by atoms with E-state index in [0.717, 1.165) is 0 Å². The van der Waals surface area contributed by atoms with E-state index in [1.54, 1.807) is 0 Å². The van der Waals surface area contributed by atoms with Gasteiger partial charge in [0.15, 0.2) is 19.7 Å². The van der Waals surface area contributed by atoms with Crippen LogP contribution in [0.1, 0.15) is 25.0 Å². The first-order valence-corrected chi connectivity index (χ1v) is 14.2. The molecule has 0 aromatic heterocycles. The number of sulfonamides is 1. The normalized spacial score (nSPS) is 14.1. The van der Waals surface area contributed by atoms with Gasteiger partial charge in [0.1, 0.15) is 0 Å². The number of rotatable bonds is 10. The molecule has 0 fully saturated rings. The van der Waals surface area contributed by atoms with Crippen LogP contribution in [0.25, 0.3) is 0 Å². The lowest BCUT2D eigenvalue weighted by Crippen LogP contribution is -2.39. The Morgan fingerprint density at radius 2 is 1.09 bits per heavy atom. The second-order valence-corrected chi connectivity index (χ2v) is 13.7. The summed E-state index contributed by atoms with van der Waals surface area (Å²) in [4.78, 5) is -1.46. The van der Waals surface area contributed by atoms with Crippen LogP contribution in [0.2, 0.25) is 0 Å². The number of nitrogen functional groups attached to an aromatic ring is 1. The monoisotopic (exact) mass is 548 g/mol. The SMILES string of the molecule is CCS(=O)(=O)CCN(CCS(=O)(=O)CC)S(=O)(=O)c1cc(C(F)(F)F)c(N)c(C(F)(F)F)c1. The minimum atomic E-state index is -5.45. The Balaban J connectivity index is 3.70. The first-order valence-electron chi connectivity index (χ1n) is 9.17. The van der Waals surface area contributed by atoms with Gasteiger partial charge in [-0.3, -0.25) is 0 Å². The van der Waals surface area contributed by atoms with E-state index in [1.807, 2.05) is 0 Å². The van der Waals surface area contributed by atoms with Crippen molar-refractivity contribution in [3.8, 4) is 0 Å². The molecule has 17 heteroatoms. The van der Waals surface area contributed by atoms with Crippen LogP contribution >= 0.6 is 0 Å². The van der Waals surface area contributed by atoms with Crippen LogP contribution in [0.4, 0.5) is 32.0 Å². The molecule has 0 heterocycles. The number of alkyl halides is 6. The number of hydrogen-bond acceptors (Lipinski definition) is 7. The number of nitrogens with zero attached hydrogens (tertiary/aromatic N) is 1. The maximum atomic E-state index is 13.3. The van der Waals surface area contributed by atoms with E-state index < -0.39 is 99.9 Å². The zero-order valence-electron chi connectivity index (χ0n) is 17.4. The number of benzene rings is 1. The van der Waals surface area contributed by atoms with Crippen molar-refractivity contribution in [3.63, 3.8) is 0 Å². The zero-order chi connectivity index (χ0) is 26.0. The fraction of sp³-hybridized carbons (Fsp3) is 0.625.